The molecule has 15 rings (SSSR count). The molecule has 4 aliphatic heterocycles. The maximum absolute atomic E-state index is 15.6. The molecule has 0 saturated carbocycles. The van der Waals surface area contributed by atoms with Gasteiger partial charge in [0.2, 0.25) is 44.4 Å². The average molecular weight is 1630 g/mol. The molecule has 614 valence electrons. The van der Waals surface area contributed by atoms with Gasteiger partial charge in [0.05, 0.1) is 19.8 Å². The third kappa shape index (κ3) is 18.2. The lowest BCUT2D eigenvalue weighted by atomic mass is 9.75. The first kappa shape index (κ1) is 82.8. The van der Waals surface area contributed by atoms with Crippen molar-refractivity contribution in [2.75, 3.05) is 65.5 Å². The minimum atomic E-state index is -3.07. The van der Waals surface area contributed by atoms with Crippen molar-refractivity contribution >= 4 is 53.3 Å². The first-order valence-corrected chi connectivity index (χ1v) is 49.1. The second kappa shape index (κ2) is 39.5. The molecular weight excluding hydrogens is 1520 g/mol. The molecule has 0 N–H and O–H groups in total. The van der Waals surface area contributed by atoms with Crippen molar-refractivity contribution in [1.29, 1.82) is 0 Å². The molecule has 8 bridgehead atoms. The van der Waals surface area contributed by atoms with Crippen LogP contribution in [0.5, 0.6) is 63.2 Å². The number of ether oxygens (including phenoxy) is 11. The van der Waals surface area contributed by atoms with Crippen LogP contribution in [-0.4, -0.2) is 65.5 Å². The average Bonchev–Trinajstić information content (AvgIpc) is 0.721. The van der Waals surface area contributed by atoms with Crippen LogP contribution in [0.25, 0.3) is 0 Å². The first-order chi connectivity index (χ1) is 57.6. The Hall–Kier alpha value is -9.31. The molecule has 0 amide bonds. The van der Waals surface area contributed by atoms with Crippen molar-refractivity contribution in [2.24, 2.45) is 0 Å². The molecule has 17 heteroatoms. The van der Waals surface area contributed by atoms with Crippen LogP contribution in [0.2, 0.25) is 0 Å². The third-order valence-corrected chi connectivity index (χ3v) is 33.9. The summed E-state index contributed by atoms with van der Waals surface area (Å²) in [4.78, 5) is 0. The lowest BCUT2D eigenvalue weighted by molar-refractivity contribution is 0.0851. The van der Waals surface area contributed by atoms with Crippen molar-refractivity contribution in [3.63, 3.8) is 0 Å². The number of benzene rings is 10. The molecule has 0 spiro atoms. The van der Waals surface area contributed by atoms with Crippen molar-refractivity contribution in [2.45, 2.75) is 193 Å². The fourth-order valence-electron chi connectivity index (χ4n) is 18.2. The second-order valence-electron chi connectivity index (χ2n) is 31.9. The van der Waals surface area contributed by atoms with E-state index in [1.165, 1.54) is 0 Å². The SMILES string of the molecule is CCCCCC1c2cc3c4cc2OCOc2c1cc1c(c2OCCCCP(=O)(c2ccccc2)c2ccccc2)OCOc2c(cc5c(c2OCCCCP(=O)(c2ccccc2)c2ccccc2)OCOc2c(cc(c(c2OCCCCP(=O)(c2ccccc2)c2ccccc2)OCO4)C3CCCCC)C5CCCCC)C1CCCCC. The molecule has 0 fully saturated rings. The molecule has 117 heavy (non-hydrogen) atoms. The second-order valence-corrected chi connectivity index (χ2v) is 40.8. The van der Waals surface area contributed by atoms with Crippen molar-refractivity contribution in [3.05, 3.63) is 257 Å². The number of rotatable bonds is 40. The van der Waals surface area contributed by atoms with Crippen molar-refractivity contribution in [3.8, 4) is 63.2 Å². The van der Waals surface area contributed by atoms with Gasteiger partial charge in [0.1, 0.15) is 32.9 Å². The predicted molar refractivity (Wildman–Crippen MR) is 472 cm³/mol. The van der Waals surface area contributed by atoms with E-state index >= 15 is 13.7 Å². The summed E-state index contributed by atoms with van der Waals surface area (Å²) >= 11 is 0. The Morgan fingerprint density at radius 2 is 0.470 bits per heavy atom. The minimum absolute atomic E-state index is 0.142. The van der Waals surface area contributed by atoms with Crippen LogP contribution in [0.1, 0.15) is 237 Å². The zero-order valence-electron chi connectivity index (χ0n) is 68.7. The van der Waals surface area contributed by atoms with Crippen LogP contribution in [0.15, 0.2) is 212 Å². The van der Waals surface area contributed by atoms with Gasteiger partial charge < -0.3 is 65.8 Å². The summed E-state index contributed by atoms with van der Waals surface area (Å²) in [6.07, 6.45) is 19.4. The van der Waals surface area contributed by atoms with Crippen LogP contribution >= 0.6 is 21.4 Å². The predicted octanol–water partition coefficient (Wildman–Crippen LogP) is 23.3. The van der Waals surface area contributed by atoms with Gasteiger partial charge in [0.15, 0.2) is 34.5 Å². The van der Waals surface area contributed by atoms with E-state index in [2.05, 4.69) is 58.0 Å². The Balaban J connectivity index is 0.927. The van der Waals surface area contributed by atoms with Gasteiger partial charge >= 0.3 is 0 Å². The van der Waals surface area contributed by atoms with Crippen LogP contribution in [-0.2, 0) is 13.7 Å². The summed E-state index contributed by atoms with van der Waals surface area (Å²) < 4.78 is 127. The fraction of sp³-hybridized carbons (Fsp3) is 0.400. The fourth-order valence-corrected chi connectivity index (χ4v) is 26.6. The van der Waals surface area contributed by atoms with Gasteiger partial charge in [-0.05, 0) is 88.5 Å². The van der Waals surface area contributed by atoms with Crippen molar-refractivity contribution in [1.82, 2.24) is 0 Å². The maximum Gasteiger partial charge on any atom is 0.231 e. The molecule has 0 radical (unpaired) electrons. The largest absolute Gasteiger partial charge is 0.486 e. The Morgan fingerprint density at radius 1 is 0.256 bits per heavy atom. The highest BCUT2D eigenvalue weighted by atomic mass is 31.2. The van der Waals surface area contributed by atoms with E-state index in [4.69, 9.17) is 52.1 Å². The molecule has 0 aromatic heterocycles. The minimum Gasteiger partial charge on any atom is -0.486 e. The molecule has 4 atom stereocenters. The zero-order valence-corrected chi connectivity index (χ0v) is 71.4. The lowest BCUT2D eigenvalue weighted by Crippen LogP contribution is -2.24. The van der Waals surface area contributed by atoms with E-state index < -0.39 is 21.4 Å². The molecule has 14 nitrogen and oxygen atoms in total. The Labute approximate surface area is 693 Å². The third-order valence-electron chi connectivity index (χ3n) is 24.3. The normalized spacial score (nSPS) is 16.3. The zero-order chi connectivity index (χ0) is 80.4. The first-order valence-electron chi connectivity index (χ1n) is 43.4. The van der Waals surface area contributed by atoms with Gasteiger partial charge in [0.25, 0.3) is 0 Å². The molecule has 0 saturated heterocycles. The van der Waals surface area contributed by atoms with E-state index in [0.717, 1.165) is 166 Å². The van der Waals surface area contributed by atoms with Gasteiger partial charge in [-0.25, -0.2) is 0 Å². The molecule has 4 heterocycles. The molecular formula is C100H115O14P3. The molecule has 4 unspecified atom stereocenters. The summed E-state index contributed by atoms with van der Waals surface area (Å²) in [5, 5.41) is 5.02. The standard InChI is InChI=1S/C100H115O14P3/c1-5-9-19-53-78-82-63-83-79(54-20-10-6-2)85-65-87-81(56-22-12-8-4)89-66-88-80(55-21-11-7-3)86-64-84(78)92-98(104-57-35-38-60-115(101,72-41-23-13-24-42-72)73-43-25-14-26-44-73)94(86)111-70-113-96(88)100(106-59-37-40-62-117(103,76-49-31-17-32-50-76)77-51-33-18-34-52-77)97(89)114-71-112-95(87)99(93(85)110-69-108-91(83)67-90(82)107-68-109-92)105-58-36-39-61-116(102,74-45-27-15-28-46-74)75-47-29-16-30-48-75/h13-18,23-34,41-52,63-67,78-81H,5-12,19-22,35-40,53-62,68-71H2,1-4H3. The Kier molecular flexibility index (Phi) is 27.9. The smallest absolute Gasteiger partial charge is 0.231 e. The maximum atomic E-state index is 15.6. The van der Waals surface area contributed by atoms with Gasteiger partial charge in [-0.2, -0.15) is 0 Å². The van der Waals surface area contributed by atoms with Crippen LogP contribution in [0.4, 0.5) is 0 Å². The topological polar surface area (TPSA) is 153 Å². The van der Waals surface area contributed by atoms with Crippen LogP contribution in [0.3, 0.4) is 0 Å². The molecule has 1 aliphatic carbocycles. The summed E-state index contributed by atoms with van der Waals surface area (Å²) in [5.41, 5.74) is 7.83. The summed E-state index contributed by atoms with van der Waals surface area (Å²) in [5.74, 6) is 4.77. The van der Waals surface area contributed by atoms with E-state index in [9.17, 15) is 0 Å². The van der Waals surface area contributed by atoms with E-state index in [1.807, 2.05) is 182 Å². The van der Waals surface area contributed by atoms with E-state index in [0.29, 0.717) is 133 Å². The van der Waals surface area contributed by atoms with Gasteiger partial charge in [-0.1, -0.05) is 287 Å². The lowest BCUT2D eigenvalue weighted by Gasteiger charge is -2.36. The van der Waals surface area contributed by atoms with Gasteiger partial charge in [0, 0.05) is 125 Å². The quantitative estimate of drug-likeness (QED) is 0.0264. The summed E-state index contributed by atoms with van der Waals surface area (Å²) in [6.45, 7) is 9.08. The van der Waals surface area contributed by atoms with Crippen molar-refractivity contribution < 1.29 is 65.8 Å². The summed E-state index contributed by atoms with van der Waals surface area (Å²) in [6, 6.07) is 71.2. The van der Waals surface area contributed by atoms with Crippen LogP contribution in [0, 0.1) is 0 Å². The monoisotopic (exact) mass is 1630 g/mol. The van der Waals surface area contributed by atoms with Crippen LogP contribution < -0.4 is 83.9 Å². The Bertz CT molecular complexity index is 4700. The molecule has 5 aliphatic rings. The van der Waals surface area contributed by atoms with Gasteiger partial charge in [-0.15, -0.1) is 0 Å². The number of hydrogen-bond acceptors (Lipinski definition) is 14. The highest BCUT2D eigenvalue weighted by Gasteiger charge is 2.43. The molecule has 10 aromatic rings. The number of unbranched alkanes of at least 4 members (excludes halogenated alkanes) is 11. The molecule has 10 aromatic carbocycles. The van der Waals surface area contributed by atoms with Gasteiger partial charge in [-0.3, -0.25) is 0 Å². The number of hydrogen-bond donors (Lipinski definition) is 0. The van der Waals surface area contributed by atoms with E-state index in [-0.39, 0.29) is 70.7 Å². The Morgan fingerprint density at radius 3 is 0.701 bits per heavy atom. The highest BCUT2D eigenvalue weighted by Crippen LogP contribution is 2.62. The van der Waals surface area contributed by atoms with E-state index in [1.54, 1.807) is 0 Å². The highest BCUT2D eigenvalue weighted by molar-refractivity contribution is 7.79. The summed E-state index contributed by atoms with van der Waals surface area (Å²) in [7, 11) is -9.17.